The minimum atomic E-state index is -0.911. The summed E-state index contributed by atoms with van der Waals surface area (Å²) in [5.74, 6) is -0.114. The Morgan fingerprint density at radius 1 is 1.38 bits per heavy atom. The molecule has 1 N–H and O–H groups in total. The lowest BCUT2D eigenvalue weighted by Gasteiger charge is -2.06. The maximum Gasteiger partial charge on any atom is 0.347 e. The summed E-state index contributed by atoms with van der Waals surface area (Å²) in [6, 6.07) is 7.66. The molecule has 2 aromatic rings. The van der Waals surface area contributed by atoms with Gasteiger partial charge in [0.05, 0.1) is 12.3 Å². The van der Waals surface area contributed by atoms with Gasteiger partial charge < -0.3 is 9.84 Å². The summed E-state index contributed by atoms with van der Waals surface area (Å²) < 4.78 is 5.68. The molecule has 5 heteroatoms. The second-order valence-corrected chi connectivity index (χ2v) is 5.68. The number of aryl methyl sites for hydroxylation is 1. The van der Waals surface area contributed by atoms with E-state index in [2.05, 4.69) is 11.9 Å². The van der Waals surface area contributed by atoms with E-state index in [1.807, 2.05) is 31.2 Å². The van der Waals surface area contributed by atoms with E-state index in [-0.39, 0.29) is 0 Å². The van der Waals surface area contributed by atoms with Crippen LogP contribution >= 0.6 is 11.3 Å². The third kappa shape index (κ3) is 3.82. The Morgan fingerprint density at radius 3 is 2.81 bits per heavy atom. The number of unbranched alkanes of at least 4 members (excludes halogenated alkanes) is 1. The van der Waals surface area contributed by atoms with Crippen molar-refractivity contribution >= 4 is 17.3 Å². The second-order valence-electron chi connectivity index (χ2n) is 4.68. The van der Waals surface area contributed by atoms with Crippen LogP contribution in [-0.2, 0) is 6.42 Å². The molecule has 0 aliphatic rings. The molecular formula is C16H19NO3S. The first-order valence-corrected chi connectivity index (χ1v) is 7.93. The maximum absolute atomic E-state index is 11.2. The highest BCUT2D eigenvalue weighted by Gasteiger charge is 2.17. The van der Waals surface area contributed by atoms with Gasteiger partial charge in [0.25, 0.3) is 0 Å². The first kappa shape index (κ1) is 15.5. The van der Waals surface area contributed by atoms with E-state index in [0.29, 0.717) is 23.6 Å². The summed E-state index contributed by atoms with van der Waals surface area (Å²) in [7, 11) is 0. The van der Waals surface area contributed by atoms with Crippen molar-refractivity contribution in [3.8, 4) is 16.3 Å². The molecule has 0 saturated heterocycles. The standard InChI is InChI=1S/C16H19NO3S/c1-3-5-9-20-12-8-6-7-11(10-12)15-17-13(4-2)14(21-15)16(18)19/h6-8,10H,3-5,9H2,1-2H3,(H,18,19). The van der Waals surface area contributed by atoms with Gasteiger partial charge in [-0.05, 0) is 25.0 Å². The smallest absolute Gasteiger partial charge is 0.347 e. The highest BCUT2D eigenvalue weighted by atomic mass is 32.1. The van der Waals surface area contributed by atoms with Crippen molar-refractivity contribution < 1.29 is 14.6 Å². The van der Waals surface area contributed by atoms with E-state index < -0.39 is 5.97 Å². The Labute approximate surface area is 128 Å². The molecule has 1 aromatic heterocycles. The van der Waals surface area contributed by atoms with E-state index in [9.17, 15) is 9.90 Å². The van der Waals surface area contributed by atoms with Crippen LogP contribution in [0.1, 0.15) is 42.1 Å². The zero-order chi connectivity index (χ0) is 15.2. The van der Waals surface area contributed by atoms with Gasteiger partial charge >= 0.3 is 5.97 Å². The Hall–Kier alpha value is -1.88. The van der Waals surface area contributed by atoms with Gasteiger partial charge in [0.2, 0.25) is 0 Å². The number of carboxylic acid groups (broad SMARTS) is 1. The van der Waals surface area contributed by atoms with Gasteiger partial charge in [-0.15, -0.1) is 11.3 Å². The highest BCUT2D eigenvalue weighted by molar-refractivity contribution is 7.17. The number of hydrogen-bond acceptors (Lipinski definition) is 4. The minimum absolute atomic E-state index is 0.324. The third-order valence-electron chi connectivity index (χ3n) is 3.07. The lowest BCUT2D eigenvalue weighted by Crippen LogP contribution is -1.97. The fourth-order valence-corrected chi connectivity index (χ4v) is 2.92. The maximum atomic E-state index is 11.2. The van der Waals surface area contributed by atoms with E-state index in [0.717, 1.165) is 29.2 Å². The summed E-state index contributed by atoms with van der Waals surface area (Å²) in [4.78, 5) is 16.0. The van der Waals surface area contributed by atoms with Gasteiger partial charge in [-0.2, -0.15) is 0 Å². The molecule has 4 nitrogen and oxygen atoms in total. The molecule has 0 aliphatic heterocycles. The van der Waals surface area contributed by atoms with Gasteiger partial charge in [0.15, 0.2) is 0 Å². The topological polar surface area (TPSA) is 59.4 Å². The number of aromatic carboxylic acids is 1. The number of aromatic nitrogens is 1. The summed E-state index contributed by atoms with van der Waals surface area (Å²) in [5.41, 5.74) is 1.54. The number of nitrogens with zero attached hydrogens (tertiary/aromatic N) is 1. The van der Waals surface area contributed by atoms with Crippen LogP contribution in [0.25, 0.3) is 10.6 Å². The molecule has 0 saturated carbocycles. The average molecular weight is 305 g/mol. The summed E-state index contributed by atoms with van der Waals surface area (Å²) in [6.07, 6.45) is 2.73. The van der Waals surface area contributed by atoms with Gasteiger partial charge in [-0.3, -0.25) is 0 Å². The molecule has 112 valence electrons. The van der Waals surface area contributed by atoms with E-state index in [1.54, 1.807) is 0 Å². The average Bonchev–Trinajstić information content (AvgIpc) is 2.92. The van der Waals surface area contributed by atoms with Crippen LogP contribution in [0.15, 0.2) is 24.3 Å². The molecule has 0 spiro atoms. The monoisotopic (exact) mass is 305 g/mol. The van der Waals surface area contributed by atoms with Crippen LogP contribution in [0.2, 0.25) is 0 Å². The van der Waals surface area contributed by atoms with Crippen LogP contribution < -0.4 is 4.74 Å². The number of hydrogen-bond donors (Lipinski definition) is 1. The van der Waals surface area contributed by atoms with Crippen molar-refractivity contribution in [2.45, 2.75) is 33.1 Å². The number of rotatable bonds is 7. The number of ether oxygens (including phenoxy) is 1. The van der Waals surface area contributed by atoms with Crippen molar-refractivity contribution in [2.75, 3.05) is 6.61 Å². The molecule has 0 fully saturated rings. The van der Waals surface area contributed by atoms with E-state index in [4.69, 9.17) is 4.74 Å². The molecule has 0 radical (unpaired) electrons. The fraction of sp³-hybridized carbons (Fsp3) is 0.375. The van der Waals surface area contributed by atoms with Crippen molar-refractivity contribution in [1.82, 2.24) is 4.98 Å². The second kappa shape index (κ2) is 7.22. The number of benzene rings is 1. The number of carboxylic acids is 1. The first-order chi connectivity index (χ1) is 10.2. The fourth-order valence-electron chi connectivity index (χ4n) is 1.94. The lowest BCUT2D eigenvalue weighted by atomic mass is 10.2. The summed E-state index contributed by atoms with van der Waals surface area (Å²) in [5, 5.41) is 9.93. The highest BCUT2D eigenvalue weighted by Crippen LogP contribution is 2.30. The largest absolute Gasteiger partial charge is 0.494 e. The van der Waals surface area contributed by atoms with E-state index in [1.165, 1.54) is 11.3 Å². The lowest BCUT2D eigenvalue weighted by molar-refractivity contribution is 0.0701. The zero-order valence-electron chi connectivity index (χ0n) is 12.3. The molecule has 0 aliphatic carbocycles. The zero-order valence-corrected chi connectivity index (χ0v) is 13.1. The number of carbonyl (C=O) groups is 1. The Balaban J connectivity index is 2.25. The van der Waals surface area contributed by atoms with Crippen LogP contribution in [0.5, 0.6) is 5.75 Å². The van der Waals surface area contributed by atoms with Crippen molar-refractivity contribution in [3.05, 3.63) is 34.8 Å². The van der Waals surface area contributed by atoms with Crippen LogP contribution in [0.4, 0.5) is 0 Å². The predicted molar refractivity (Wildman–Crippen MR) is 84.3 cm³/mol. The van der Waals surface area contributed by atoms with Gasteiger partial charge in [-0.1, -0.05) is 32.4 Å². The van der Waals surface area contributed by atoms with Crippen LogP contribution in [0.3, 0.4) is 0 Å². The van der Waals surface area contributed by atoms with Crippen molar-refractivity contribution in [1.29, 1.82) is 0 Å². The SMILES string of the molecule is CCCCOc1cccc(-c2nc(CC)c(C(=O)O)s2)c1. The Kier molecular flexibility index (Phi) is 5.33. The first-order valence-electron chi connectivity index (χ1n) is 7.12. The molecule has 1 heterocycles. The molecular weight excluding hydrogens is 286 g/mol. The summed E-state index contributed by atoms with van der Waals surface area (Å²) >= 11 is 1.22. The van der Waals surface area contributed by atoms with Gasteiger partial charge in [0.1, 0.15) is 15.6 Å². The molecule has 0 unspecified atom stereocenters. The van der Waals surface area contributed by atoms with Gasteiger partial charge in [0, 0.05) is 5.56 Å². The van der Waals surface area contributed by atoms with Gasteiger partial charge in [-0.25, -0.2) is 9.78 Å². The Bertz CT molecular complexity index is 622. The minimum Gasteiger partial charge on any atom is -0.494 e. The quantitative estimate of drug-likeness (QED) is 0.777. The van der Waals surface area contributed by atoms with E-state index >= 15 is 0 Å². The molecule has 21 heavy (non-hydrogen) atoms. The molecule has 0 bridgehead atoms. The molecule has 0 atom stereocenters. The molecule has 0 amide bonds. The van der Waals surface area contributed by atoms with Crippen LogP contribution in [0, 0.1) is 0 Å². The molecule has 1 aromatic carbocycles. The number of thiazole rings is 1. The summed E-state index contributed by atoms with van der Waals surface area (Å²) in [6.45, 7) is 4.73. The Morgan fingerprint density at radius 2 is 2.19 bits per heavy atom. The molecule has 2 rings (SSSR count). The third-order valence-corrected chi connectivity index (χ3v) is 4.21. The van der Waals surface area contributed by atoms with Crippen LogP contribution in [-0.4, -0.2) is 22.7 Å². The predicted octanol–water partition coefficient (Wildman–Crippen LogP) is 4.25. The van der Waals surface area contributed by atoms with Crippen molar-refractivity contribution in [3.63, 3.8) is 0 Å². The van der Waals surface area contributed by atoms with Crippen molar-refractivity contribution in [2.24, 2.45) is 0 Å². The normalized spacial score (nSPS) is 10.6.